The van der Waals surface area contributed by atoms with Gasteiger partial charge < -0.3 is 20.9 Å². The summed E-state index contributed by atoms with van der Waals surface area (Å²) in [6.45, 7) is 3.41. The van der Waals surface area contributed by atoms with Crippen LogP contribution in [-0.2, 0) is 4.79 Å². The second-order valence-electron chi connectivity index (χ2n) is 6.47. The van der Waals surface area contributed by atoms with Gasteiger partial charge in [-0.1, -0.05) is 5.57 Å². The van der Waals surface area contributed by atoms with Crippen LogP contribution in [0.1, 0.15) is 49.1 Å². The van der Waals surface area contributed by atoms with Crippen LogP contribution in [0.5, 0.6) is 0 Å². The zero-order valence-electron chi connectivity index (χ0n) is 13.4. The van der Waals surface area contributed by atoms with E-state index in [4.69, 9.17) is 11.5 Å². The number of nitrogens with zero attached hydrogens (tertiary/aromatic N) is 3. The Morgan fingerprint density at radius 3 is 2.43 bits per heavy atom. The highest BCUT2D eigenvalue weighted by Gasteiger charge is 2.27. The van der Waals surface area contributed by atoms with Gasteiger partial charge in [0.05, 0.1) is 6.33 Å². The molecule has 0 spiro atoms. The Bertz CT molecular complexity index is 651. The summed E-state index contributed by atoms with van der Waals surface area (Å²) in [6.07, 6.45) is 7.35. The second-order valence-corrected chi connectivity index (χ2v) is 6.47. The number of rotatable bonds is 4. The number of carbonyl (C=O) groups is 2. The van der Waals surface area contributed by atoms with Crippen LogP contribution in [0.2, 0.25) is 0 Å². The molecule has 1 aromatic rings. The van der Waals surface area contributed by atoms with Crippen molar-refractivity contribution < 1.29 is 9.59 Å². The molecule has 124 valence electrons. The van der Waals surface area contributed by atoms with E-state index in [0.717, 1.165) is 12.8 Å². The van der Waals surface area contributed by atoms with Crippen LogP contribution < -0.4 is 11.5 Å². The fraction of sp³-hybridized carbons (Fsp3) is 0.562. The van der Waals surface area contributed by atoms with E-state index < -0.39 is 5.91 Å². The summed E-state index contributed by atoms with van der Waals surface area (Å²) >= 11 is 0. The van der Waals surface area contributed by atoms with Gasteiger partial charge in [-0.25, -0.2) is 4.98 Å². The molecule has 3 rings (SSSR count). The Kier molecular flexibility index (Phi) is 4.11. The number of likely N-dealkylation sites (tertiary alicyclic amines) is 1. The van der Waals surface area contributed by atoms with Crippen molar-refractivity contribution in [2.24, 2.45) is 11.7 Å². The molecule has 0 unspecified atom stereocenters. The van der Waals surface area contributed by atoms with Crippen LogP contribution in [0.3, 0.4) is 0 Å². The molecule has 4 N–H and O–H groups in total. The standard InChI is InChI=1S/C16H23N5O2/c1-10(11-2-3-11)8-13(22)20-6-4-12(5-7-20)21-9-19-14(15(21)17)16(18)23/h8-9,11-12H,2-7,17H2,1H3,(H2,18,23). The fourth-order valence-electron chi connectivity index (χ4n) is 3.16. The van der Waals surface area contributed by atoms with Crippen molar-refractivity contribution in [2.45, 2.75) is 38.6 Å². The molecular weight excluding hydrogens is 294 g/mol. The number of hydrogen-bond acceptors (Lipinski definition) is 4. The number of nitrogens with two attached hydrogens (primary N) is 2. The van der Waals surface area contributed by atoms with Crippen molar-refractivity contribution in [1.82, 2.24) is 14.5 Å². The first-order valence-electron chi connectivity index (χ1n) is 8.06. The molecule has 2 aliphatic rings. The zero-order chi connectivity index (χ0) is 16.6. The topological polar surface area (TPSA) is 107 Å². The molecular formula is C16H23N5O2. The van der Waals surface area contributed by atoms with E-state index in [1.165, 1.54) is 18.4 Å². The van der Waals surface area contributed by atoms with Crippen molar-refractivity contribution in [3.63, 3.8) is 0 Å². The van der Waals surface area contributed by atoms with Gasteiger partial charge in [0.1, 0.15) is 5.82 Å². The van der Waals surface area contributed by atoms with Gasteiger partial charge in [0.2, 0.25) is 5.91 Å². The predicted molar refractivity (Wildman–Crippen MR) is 86.5 cm³/mol. The lowest BCUT2D eigenvalue weighted by Gasteiger charge is -2.32. The number of amides is 2. The molecule has 0 atom stereocenters. The molecule has 1 aliphatic heterocycles. The van der Waals surface area contributed by atoms with E-state index in [1.807, 2.05) is 11.8 Å². The monoisotopic (exact) mass is 317 g/mol. The van der Waals surface area contributed by atoms with Gasteiger partial charge in [-0.05, 0) is 38.5 Å². The lowest BCUT2D eigenvalue weighted by molar-refractivity contribution is -0.127. The molecule has 1 saturated heterocycles. The van der Waals surface area contributed by atoms with E-state index in [0.29, 0.717) is 24.8 Å². The number of anilines is 1. The smallest absolute Gasteiger partial charge is 0.271 e. The van der Waals surface area contributed by atoms with E-state index >= 15 is 0 Å². The van der Waals surface area contributed by atoms with Crippen LogP contribution >= 0.6 is 0 Å². The Hall–Kier alpha value is -2.31. The highest BCUT2D eigenvalue weighted by atomic mass is 16.2. The van der Waals surface area contributed by atoms with Crippen LogP contribution in [-0.4, -0.2) is 39.4 Å². The van der Waals surface area contributed by atoms with E-state index in [2.05, 4.69) is 4.98 Å². The molecule has 7 heteroatoms. The van der Waals surface area contributed by atoms with Gasteiger partial charge in [-0.15, -0.1) is 0 Å². The van der Waals surface area contributed by atoms with Gasteiger partial charge in [-0.3, -0.25) is 9.59 Å². The van der Waals surface area contributed by atoms with E-state index in [1.54, 1.807) is 17.0 Å². The van der Waals surface area contributed by atoms with Gasteiger partial charge in [0.15, 0.2) is 5.69 Å². The van der Waals surface area contributed by atoms with E-state index in [9.17, 15) is 9.59 Å². The molecule has 0 bridgehead atoms. The first-order valence-corrected chi connectivity index (χ1v) is 8.06. The number of primary amides is 1. The lowest BCUT2D eigenvalue weighted by atomic mass is 10.0. The number of aromatic nitrogens is 2. The molecule has 23 heavy (non-hydrogen) atoms. The van der Waals surface area contributed by atoms with Gasteiger partial charge in [0.25, 0.3) is 5.91 Å². The number of imidazole rings is 1. The first kappa shape index (κ1) is 15.6. The highest BCUT2D eigenvalue weighted by Crippen LogP contribution is 2.36. The number of nitrogen functional groups attached to an aromatic ring is 1. The molecule has 1 aromatic heterocycles. The maximum absolute atomic E-state index is 12.3. The minimum Gasteiger partial charge on any atom is -0.383 e. The number of carbonyl (C=O) groups excluding carboxylic acids is 2. The lowest BCUT2D eigenvalue weighted by Crippen LogP contribution is -2.38. The Labute approximate surface area is 135 Å². The van der Waals surface area contributed by atoms with Crippen molar-refractivity contribution in [2.75, 3.05) is 18.8 Å². The number of hydrogen-bond donors (Lipinski definition) is 2. The summed E-state index contributed by atoms with van der Waals surface area (Å²) in [4.78, 5) is 29.4. The minimum atomic E-state index is -0.616. The van der Waals surface area contributed by atoms with Crippen LogP contribution in [0.25, 0.3) is 0 Å². The second kappa shape index (κ2) is 6.06. The maximum atomic E-state index is 12.3. The van der Waals surface area contributed by atoms with Crippen LogP contribution in [0.15, 0.2) is 18.0 Å². The third-order valence-corrected chi connectivity index (χ3v) is 4.81. The average molecular weight is 317 g/mol. The van der Waals surface area contributed by atoms with Gasteiger partial charge >= 0.3 is 0 Å². The summed E-state index contributed by atoms with van der Waals surface area (Å²) in [7, 11) is 0. The zero-order valence-corrected chi connectivity index (χ0v) is 13.4. The molecule has 1 saturated carbocycles. The van der Waals surface area contributed by atoms with Crippen molar-refractivity contribution >= 4 is 17.6 Å². The van der Waals surface area contributed by atoms with Gasteiger partial charge in [-0.2, -0.15) is 0 Å². The average Bonchev–Trinajstić information content (AvgIpc) is 3.30. The summed E-state index contributed by atoms with van der Waals surface area (Å²) < 4.78 is 1.80. The predicted octanol–water partition coefficient (Wildman–Crippen LogP) is 1.08. The first-order chi connectivity index (χ1) is 11.0. The molecule has 7 nitrogen and oxygen atoms in total. The fourth-order valence-corrected chi connectivity index (χ4v) is 3.16. The van der Waals surface area contributed by atoms with Gasteiger partial charge in [0, 0.05) is 25.2 Å². The molecule has 1 aliphatic carbocycles. The molecule has 0 aromatic carbocycles. The quantitative estimate of drug-likeness (QED) is 0.810. The molecule has 2 amide bonds. The summed E-state index contributed by atoms with van der Waals surface area (Å²) in [6, 6.07) is 0.146. The Morgan fingerprint density at radius 1 is 1.26 bits per heavy atom. The highest BCUT2D eigenvalue weighted by molar-refractivity contribution is 5.95. The number of piperidine rings is 1. The van der Waals surface area contributed by atoms with Crippen molar-refractivity contribution in [3.05, 3.63) is 23.7 Å². The third kappa shape index (κ3) is 3.23. The maximum Gasteiger partial charge on any atom is 0.271 e. The molecule has 2 fully saturated rings. The third-order valence-electron chi connectivity index (χ3n) is 4.81. The van der Waals surface area contributed by atoms with E-state index in [-0.39, 0.29) is 17.6 Å². The molecule has 2 heterocycles. The Morgan fingerprint density at radius 2 is 1.91 bits per heavy atom. The largest absolute Gasteiger partial charge is 0.383 e. The Balaban J connectivity index is 1.61. The van der Waals surface area contributed by atoms with Crippen molar-refractivity contribution in [1.29, 1.82) is 0 Å². The summed E-state index contributed by atoms with van der Waals surface area (Å²) in [5, 5.41) is 0. The minimum absolute atomic E-state index is 0.101. The summed E-state index contributed by atoms with van der Waals surface area (Å²) in [5.41, 5.74) is 12.5. The van der Waals surface area contributed by atoms with Crippen LogP contribution in [0.4, 0.5) is 5.82 Å². The normalized spacial score (nSPS) is 19.9. The van der Waals surface area contributed by atoms with Crippen LogP contribution in [0, 0.1) is 5.92 Å². The summed E-state index contributed by atoms with van der Waals surface area (Å²) in [5.74, 6) is 0.417. The molecule has 0 radical (unpaired) electrons. The number of allylic oxidation sites excluding steroid dienone is 1. The SMILES string of the molecule is CC(=CC(=O)N1CCC(n2cnc(C(N)=O)c2N)CC1)C1CC1. The van der Waals surface area contributed by atoms with Crippen molar-refractivity contribution in [3.8, 4) is 0 Å².